The molecule has 0 saturated heterocycles. The molecule has 0 fully saturated rings. The van der Waals surface area contributed by atoms with E-state index in [9.17, 15) is 14.3 Å². The summed E-state index contributed by atoms with van der Waals surface area (Å²) in [6, 6.07) is 11.2. The van der Waals surface area contributed by atoms with Crippen molar-refractivity contribution in [1.82, 2.24) is 0 Å². The van der Waals surface area contributed by atoms with Crippen LogP contribution in [0.2, 0.25) is 5.02 Å². The molecule has 22 heavy (non-hydrogen) atoms. The molecule has 0 aliphatic carbocycles. The molecule has 0 aliphatic rings. The lowest BCUT2D eigenvalue weighted by Gasteiger charge is -2.25. The molecule has 2 aromatic rings. The third-order valence-electron chi connectivity index (χ3n) is 3.44. The second-order valence-electron chi connectivity index (χ2n) is 5.36. The molecule has 0 spiro atoms. The van der Waals surface area contributed by atoms with Crippen LogP contribution in [0, 0.1) is 5.82 Å². The maximum Gasteiger partial charge on any atom is 0.164 e. The van der Waals surface area contributed by atoms with Gasteiger partial charge in [0.15, 0.2) is 5.78 Å². The Kier molecular flexibility index (Phi) is 4.84. The molecular formula is C17H17ClFNO2. The minimum atomic E-state index is -1.22. The molecule has 0 aromatic heterocycles. The molecule has 0 heterocycles. The number of rotatable bonds is 5. The minimum absolute atomic E-state index is 0.00982. The van der Waals surface area contributed by atoms with Crippen molar-refractivity contribution in [2.45, 2.75) is 19.4 Å². The Balaban J connectivity index is 2.23. The van der Waals surface area contributed by atoms with Gasteiger partial charge in [-0.15, -0.1) is 0 Å². The summed E-state index contributed by atoms with van der Waals surface area (Å²) in [6.45, 7) is 3.04. The van der Waals surface area contributed by atoms with E-state index in [1.165, 1.54) is 19.1 Å². The van der Waals surface area contributed by atoms with Gasteiger partial charge >= 0.3 is 0 Å². The van der Waals surface area contributed by atoms with Crippen LogP contribution in [-0.4, -0.2) is 17.4 Å². The Hall–Kier alpha value is -1.91. The zero-order valence-corrected chi connectivity index (χ0v) is 13.1. The number of aliphatic hydroxyl groups is 1. The minimum Gasteiger partial charge on any atom is -0.384 e. The molecule has 0 saturated carbocycles. The zero-order valence-electron chi connectivity index (χ0n) is 12.4. The molecule has 2 rings (SSSR count). The number of hydrogen-bond donors (Lipinski definition) is 2. The van der Waals surface area contributed by atoms with Gasteiger partial charge in [0.1, 0.15) is 11.4 Å². The van der Waals surface area contributed by atoms with Crippen molar-refractivity contribution in [3.63, 3.8) is 0 Å². The number of benzene rings is 2. The fourth-order valence-electron chi connectivity index (χ4n) is 2.22. The van der Waals surface area contributed by atoms with Gasteiger partial charge in [0.2, 0.25) is 0 Å². The number of anilines is 1. The van der Waals surface area contributed by atoms with Gasteiger partial charge in [-0.25, -0.2) is 4.39 Å². The van der Waals surface area contributed by atoms with Crippen LogP contribution in [0.25, 0.3) is 0 Å². The maximum absolute atomic E-state index is 13.8. The number of hydrogen-bond acceptors (Lipinski definition) is 3. The summed E-state index contributed by atoms with van der Waals surface area (Å²) in [5.41, 5.74) is -0.238. The number of ketones is 1. The van der Waals surface area contributed by atoms with Gasteiger partial charge < -0.3 is 10.4 Å². The van der Waals surface area contributed by atoms with Gasteiger partial charge in [-0.05, 0) is 43.7 Å². The maximum atomic E-state index is 13.8. The normalized spacial score (nSPS) is 13.5. The van der Waals surface area contributed by atoms with Crippen molar-refractivity contribution in [2.75, 3.05) is 11.9 Å². The topological polar surface area (TPSA) is 49.3 Å². The Morgan fingerprint density at radius 3 is 2.64 bits per heavy atom. The van der Waals surface area contributed by atoms with E-state index < -0.39 is 11.4 Å². The van der Waals surface area contributed by atoms with E-state index >= 15 is 0 Å². The molecule has 2 aromatic carbocycles. The summed E-state index contributed by atoms with van der Waals surface area (Å²) in [5.74, 6) is -0.956. The molecule has 0 radical (unpaired) electrons. The third kappa shape index (κ3) is 3.64. The summed E-state index contributed by atoms with van der Waals surface area (Å²) in [7, 11) is 0. The Bertz CT molecular complexity index is 701. The molecule has 5 heteroatoms. The monoisotopic (exact) mass is 321 g/mol. The summed E-state index contributed by atoms with van der Waals surface area (Å²) in [5, 5.41) is 14.0. The van der Waals surface area contributed by atoms with E-state index in [2.05, 4.69) is 5.32 Å². The van der Waals surface area contributed by atoms with E-state index in [4.69, 9.17) is 11.6 Å². The Morgan fingerprint density at radius 2 is 2.00 bits per heavy atom. The summed E-state index contributed by atoms with van der Waals surface area (Å²) in [6.07, 6.45) is 0. The lowest BCUT2D eigenvalue weighted by molar-refractivity contribution is 0.0714. The van der Waals surface area contributed by atoms with Crippen molar-refractivity contribution in [3.8, 4) is 0 Å². The van der Waals surface area contributed by atoms with Crippen molar-refractivity contribution in [2.24, 2.45) is 0 Å². The van der Waals surface area contributed by atoms with Gasteiger partial charge in [0, 0.05) is 17.3 Å². The van der Waals surface area contributed by atoms with Crippen LogP contribution in [-0.2, 0) is 5.60 Å². The molecule has 116 valence electrons. The lowest BCUT2D eigenvalue weighted by atomic mass is 9.95. The number of carbonyl (C=O) groups is 1. The number of nitrogens with one attached hydrogen (secondary N) is 1. The van der Waals surface area contributed by atoms with Crippen molar-refractivity contribution >= 4 is 23.1 Å². The lowest BCUT2D eigenvalue weighted by Crippen LogP contribution is -2.31. The first-order chi connectivity index (χ1) is 10.3. The highest BCUT2D eigenvalue weighted by Gasteiger charge is 2.24. The largest absolute Gasteiger partial charge is 0.384 e. The van der Waals surface area contributed by atoms with Gasteiger partial charge in [0.05, 0.1) is 5.56 Å². The van der Waals surface area contributed by atoms with Gasteiger partial charge in [-0.1, -0.05) is 29.8 Å². The molecular weight excluding hydrogens is 305 g/mol. The predicted octanol–water partition coefficient (Wildman–Crippen LogP) is 4.00. The highest BCUT2D eigenvalue weighted by Crippen LogP contribution is 2.26. The standard InChI is InChI=1S/C17H17ClFNO2/c1-11(21)16-14(19)7-4-8-15(16)20-10-17(2,22)12-5-3-6-13(18)9-12/h3-9,20,22H,10H2,1-2H3. The number of carbonyl (C=O) groups excluding carboxylic acids is 1. The first kappa shape index (κ1) is 16.5. The Morgan fingerprint density at radius 1 is 1.32 bits per heavy atom. The van der Waals surface area contributed by atoms with Crippen molar-refractivity contribution in [3.05, 3.63) is 64.4 Å². The first-order valence-corrected chi connectivity index (χ1v) is 7.21. The van der Waals surface area contributed by atoms with E-state index in [0.717, 1.165) is 0 Å². The average molecular weight is 322 g/mol. The van der Waals surface area contributed by atoms with Crippen LogP contribution >= 0.6 is 11.6 Å². The molecule has 0 amide bonds. The SMILES string of the molecule is CC(=O)c1c(F)cccc1NCC(C)(O)c1cccc(Cl)c1. The van der Waals surface area contributed by atoms with Crippen LogP contribution in [0.1, 0.15) is 29.8 Å². The first-order valence-electron chi connectivity index (χ1n) is 6.83. The molecule has 1 unspecified atom stereocenters. The molecule has 0 aliphatic heterocycles. The van der Waals surface area contributed by atoms with Crippen LogP contribution in [0.4, 0.5) is 10.1 Å². The van der Waals surface area contributed by atoms with E-state index in [1.807, 2.05) is 0 Å². The van der Waals surface area contributed by atoms with Gasteiger partial charge in [-0.3, -0.25) is 4.79 Å². The van der Waals surface area contributed by atoms with Gasteiger partial charge in [0.25, 0.3) is 0 Å². The second-order valence-corrected chi connectivity index (χ2v) is 5.79. The second kappa shape index (κ2) is 6.46. The summed E-state index contributed by atoms with van der Waals surface area (Å²) >= 11 is 5.93. The van der Waals surface area contributed by atoms with Crippen molar-refractivity contribution < 1.29 is 14.3 Å². The highest BCUT2D eigenvalue weighted by molar-refractivity contribution is 6.30. The fourth-order valence-corrected chi connectivity index (χ4v) is 2.41. The van der Waals surface area contributed by atoms with E-state index in [0.29, 0.717) is 16.3 Å². The fraction of sp³-hybridized carbons (Fsp3) is 0.235. The van der Waals surface area contributed by atoms with Crippen LogP contribution in [0.3, 0.4) is 0 Å². The quantitative estimate of drug-likeness (QED) is 0.818. The summed E-state index contributed by atoms with van der Waals surface area (Å²) in [4.78, 5) is 11.6. The number of halogens is 2. The summed E-state index contributed by atoms with van der Waals surface area (Å²) < 4.78 is 13.8. The Labute approximate surface area is 133 Å². The predicted molar refractivity (Wildman–Crippen MR) is 85.9 cm³/mol. The molecule has 0 bridgehead atoms. The van der Waals surface area contributed by atoms with E-state index in [-0.39, 0.29) is 17.9 Å². The van der Waals surface area contributed by atoms with Crippen LogP contribution in [0.5, 0.6) is 0 Å². The van der Waals surface area contributed by atoms with Crippen LogP contribution < -0.4 is 5.32 Å². The average Bonchev–Trinajstić information content (AvgIpc) is 2.45. The van der Waals surface area contributed by atoms with Crippen molar-refractivity contribution in [1.29, 1.82) is 0 Å². The highest BCUT2D eigenvalue weighted by atomic mass is 35.5. The molecule has 1 atom stereocenters. The van der Waals surface area contributed by atoms with Gasteiger partial charge in [-0.2, -0.15) is 0 Å². The smallest absolute Gasteiger partial charge is 0.164 e. The molecule has 2 N–H and O–H groups in total. The van der Waals surface area contributed by atoms with Crippen LogP contribution in [0.15, 0.2) is 42.5 Å². The zero-order chi connectivity index (χ0) is 16.3. The third-order valence-corrected chi connectivity index (χ3v) is 3.67. The number of Topliss-reactive ketones (excluding diaryl/α,β-unsaturated/α-hetero) is 1. The van der Waals surface area contributed by atoms with E-state index in [1.54, 1.807) is 37.3 Å². The molecule has 3 nitrogen and oxygen atoms in total.